The van der Waals surface area contributed by atoms with Crippen LogP contribution in [0.15, 0.2) is 22.7 Å². The van der Waals surface area contributed by atoms with Gasteiger partial charge in [0.2, 0.25) is 5.91 Å². The normalized spacial score (nSPS) is 10.7. The van der Waals surface area contributed by atoms with Crippen LogP contribution in [0.2, 0.25) is 0 Å². The number of hydrogen-bond acceptors (Lipinski definition) is 2. The van der Waals surface area contributed by atoms with Gasteiger partial charge in [0, 0.05) is 10.2 Å². The maximum Gasteiger partial charge on any atom is 0.261 e. The predicted molar refractivity (Wildman–Crippen MR) is 68.9 cm³/mol. The molecule has 1 N–H and O–H groups in total. The summed E-state index contributed by atoms with van der Waals surface area (Å²) in [6.45, 7) is 1.22. The van der Waals surface area contributed by atoms with Crippen LogP contribution in [0.25, 0.3) is 0 Å². The Hall–Kier alpha value is -1.01. The summed E-state index contributed by atoms with van der Waals surface area (Å²) >= 11 is 3.31. The fourth-order valence-corrected chi connectivity index (χ4v) is 1.64. The highest BCUT2D eigenvalue weighted by atomic mass is 79.9. The summed E-state index contributed by atoms with van der Waals surface area (Å²) in [5.41, 5.74) is 1.63. The number of aryl methyl sites for hydroxylation is 1. The van der Waals surface area contributed by atoms with Crippen LogP contribution in [0.4, 0.5) is 14.5 Å². The molecule has 18 heavy (non-hydrogen) atoms. The van der Waals surface area contributed by atoms with Gasteiger partial charge in [0.25, 0.3) is 6.43 Å². The molecule has 0 spiro atoms. The van der Waals surface area contributed by atoms with Crippen molar-refractivity contribution < 1.29 is 18.3 Å². The van der Waals surface area contributed by atoms with Crippen molar-refractivity contribution in [2.75, 3.05) is 18.5 Å². The van der Waals surface area contributed by atoms with Gasteiger partial charge < -0.3 is 10.1 Å². The zero-order valence-electron chi connectivity index (χ0n) is 9.88. The van der Waals surface area contributed by atoms with E-state index in [1.807, 2.05) is 19.1 Å². The average molecular weight is 322 g/mol. The van der Waals surface area contributed by atoms with E-state index in [4.69, 9.17) is 0 Å². The SMILES string of the molecule is Cc1ccc(Br)cc1NC(=O)CCOCC(F)F. The smallest absolute Gasteiger partial charge is 0.261 e. The molecule has 0 aromatic heterocycles. The Labute approximate surface area is 113 Å². The quantitative estimate of drug-likeness (QED) is 0.816. The van der Waals surface area contributed by atoms with Gasteiger partial charge in [-0.1, -0.05) is 22.0 Å². The molecule has 0 aliphatic rings. The highest BCUT2D eigenvalue weighted by molar-refractivity contribution is 9.10. The number of carbonyl (C=O) groups excluding carboxylic acids is 1. The van der Waals surface area contributed by atoms with E-state index in [9.17, 15) is 13.6 Å². The number of amides is 1. The second-order valence-electron chi connectivity index (χ2n) is 3.72. The minimum absolute atomic E-state index is 0.0107. The van der Waals surface area contributed by atoms with E-state index in [2.05, 4.69) is 26.0 Å². The fourth-order valence-electron chi connectivity index (χ4n) is 1.28. The summed E-state index contributed by atoms with van der Waals surface area (Å²) < 4.78 is 29.0. The van der Waals surface area contributed by atoms with E-state index in [0.717, 1.165) is 10.0 Å². The van der Waals surface area contributed by atoms with Crippen molar-refractivity contribution in [1.82, 2.24) is 0 Å². The number of alkyl halides is 2. The molecule has 6 heteroatoms. The van der Waals surface area contributed by atoms with E-state index >= 15 is 0 Å². The van der Waals surface area contributed by atoms with Crippen LogP contribution >= 0.6 is 15.9 Å². The first-order chi connectivity index (χ1) is 8.49. The first-order valence-electron chi connectivity index (χ1n) is 5.41. The summed E-state index contributed by atoms with van der Waals surface area (Å²) in [5, 5.41) is 2.70. The zero-order valence-corrected chi connectivity index (χ0v) is 11.5. The lowest BCUT2D eigenvalue weighted by atomic mass is 10.2. The van der Waals surface area contributed by atoms with Gasteiger partial charge in [-0.05, 0) is 24.6 Å². The molecule has 0 radical (unpaired) electrons. The first kappa shape index (κ1) is 15.0. The van der Waals surface area contributed by atoms with Crippen LogP contribution in [0.1, 0.15) is 12.0 Å². The number of carbonyl (C=O) groups is 1. The standard InChI is InChI=1S/C12H14BrF2NO2/c1-8-2-3-9(13)6-10(8)16-12(17)4-5-18-7-11(14)15/h2-3,6,11H,4-5,7H2,1H3,(H,16,17). The van der Waals surface area contributed by atoms with Crippen molar-refractivity contribution in [3.63, 3.8) is 0 Å². The molecule has 0 saturated carbocycles. The van der Waals surface area contributed by atoms with Gasteiger partial charge >= 0.3 is 0 Å². The zero-order chi connectivity index (χ0) is 13.5. The molecular formula is C12H14BrF2NO2. The molecule has 1 aromatic carbocycles. The second kappa shape index (κ2) is 7.43. The molecule has 0 bridgehead atoms. The molecule has 0 saturated heterocycles. The Balaban J connectivity index is 2.38. The molecule has 1 amide bonds. The van der Waals surface area contributed by atoms with Gasteiger partial charge in [0.1, 0.15) is 6.61 Å². The summed E-state index contributed by atoms with van der Waals surface area (Å²) in [4.78, 5) is 11.5. The van der Waals surface area contributed by atoms with Gasteiger partial charge in [0.15, 0.2) is 0 Å². The highest BCUT2D eigenvalue weighted by Gasteiger charge is 2.07. The molecular weight excluding hydrogens is 308 g/mol. The van der Waals surface area contributed by atoms with Gasteiger partial charge in [-0.25, -0.2) is 8.78 Å². The molecule has 1 aromatic rings. The highest BCUT2D eigenvalue weighted by Crippen LogP contribution is 2.20. The fraction of sp³-hybridized carbons (Fsp3) is 0.417. The van der Waals surface area contributed by atoms with Crippen molar-refractivity contribution in [2.45, 2.75) is 19.8 Å². The predicted octanol–water partition coefficient (Wildman–Crippen LogP) is 3.37. The Morgan fingerprint density at radius 2 is 2.22 bits per heavy atom. The Kier molecular flexibility index (Phi) is 6.21. The van der Waals surface area contributed by atoms with E-state index in [0.29, 0.717) is 5.69 Å². The average Bonchev–Trinajstić information content (AvgIpc) is 2.29. The van der Waals surface area contributed by atoms with Crippen LogP contribution in [-0.2, 0) is 9.53 Å². The lowest BCUT2D eigenvalue weighted by molar-refractivity contribution is -0.117. The number of halogens is 3. The molecule has 100 valence electrons. The lowest BCUT2D eigenvalue weighted by Gasteiger charge is -2.09. The largest absolute Gasteiger partial charge is 0.375 e. The molecule has 0 heterocycles. The van der Waals surface area contributed by atoms with Crippen LogP contribution in [0.5, 0.6) is 0 Å². The van der Waals surface area contributed by atoms with Crippen molar-refractivity contribution in [3.8, 4) is 0 Å². The van der Waals surface area contributed by atoms with Gasteiger partial charge in [-0.2, -0.15) is 0 Å². The molecule has 0 atom stereocenters. The Bertz CT molecular complexity index is 413. The number of benzene rings is 1. The summed E-state index contributed by atoms with van der Waals surface area (Å²) in [6, 6.07) is 5.52. The molecule has 1 rings (SSSR count). The minimum atomic E-state index is -2.50. The summed E-state index contributed by atoms with van der Waals surface area (Å²) in [7, 11) is 0. The van der Waals surface area contributed by atoms with E-state index in [1.165, 1.54) is 0 Å². The second-order valence-corrected chi connectivity index (χ2v) is 4.64. The molecule has 0 fully saturated rings. The van der Waals surface area contributed by atoms with E-state index in [1.54, 1.807) is 6.07 Å². The van der Waals surface area contributed by atoms with Crippen LogP contribution in [-0.4, -0.2) is 25.5 Å². The third-order valence-corrected chi connectivity index (χ3v) is 2.68. The topological polar surface area (TPSA) is 38.3 Å². The molecule has 0 aliphatic heterocycles. The van der Waals surface area contributed by atoms with Crippen LogP contribution in [0, 0.1) is 6.92 Å². The lowest BCUT2D eigenvalue weighted by Crippen LogP contribution is -2.16. The number of anilines is 1. The van der Waals surface area contributed by atoms with E-state index < -0.39 is 13.0 Å². The summed E-state index contributed by atoms with van der Waals surface area (Å²) in [6.07, 6.45) is -2.45. The van der Waals surface area contributed by atoms with Crippen molar-refractivity contribution in [1.29, 1.82) is 0 Å². The number of rotatable bonds is 6. The van der Waals surface area contributed by atoms with Crippen molar-refractivity contribution >= 4 is 27.5 Å². The van der Waals surface area contributed by atoms with Crippen LogP contribution in [0.3, 0.4) is 0 Å². The third-order valence-electron chi connectivity index (χ3n) is 2.19. The Morgan fingerprint density at radius 3 is 2.89 bits per heavy atom. The Morgan fingerprint density at radius 1 is 1.50 bits per heavy atom. The molecule has 3 nitrogen and oxygen atoms in total. The number of hydrogen-bond donors (Lipinski definition) is 1. The monoisotopic (exact) mass is 321 g/mol. The summed E-state index contributed by atoms with van der Waals surface area (Å²) in [5.74, 6) is -0.259. The third kappa shape index (κ3) is 5.55. The van der Waals surface area contributed by atoms with Crippen molar-refractivity contribution in [2.24, 2.45) is 0 Å². The van der Waals surface area contributed by atoms with Gasteiger partial charge in [0.05, 0.1) is 13.0 Å². The minimum Gasteiger partial charge on any atom is -0.375 e. The maximum absolute atomic E-state index is 11.8. The molecule has 0 unspecified atom stereocenters. The number of nitrogens with one attached hydrogen (secondary N) is 1. The van der Waals surface area contributed by atoms with E-state index in [-0.39, 0.29) is 18.9 Å². The first-order valence-corrected chi connectivity index (χ1v) is 6.20. The number of ether oxygens (including phenoxy) is 1. The van der Waals surface area contributed by atoms with Crippen LogP contribution < -0.4 is 5.32 Å². The maximum atomic E-state index is 11.8. The van der Waals surface area contributed by atoms with Gasteiger partial charge in [-0.3, -0.25) is 4.79 Å². The molecule has 0 aliphatic carbocycles. The van der Waals surface area contributed by atoms with Gasteiger partial charge in [-0.15, -0.1) is 0 Å². The van der Waals surface area contributed by atoms with Crippen molar-refractivity contribution in [3.05, 3.63) is 28.2 Å².